The number of nitrogens with zero attached hydrogens (tertiary/aromatic N) is 2. The van der Waals surface area contributed by atoms with Crippen LogP contribution in [0.4, 0.5) is 4.39 Å². The number of hydrogen-bond donors (Lipinski definition) is 0. The lowest BCUT2D eigenvalue weighted by Gasteiger charge is -2.26. The molecule has 0 atom stereocenters. The van der Waals surface area contributed by atoms with Gasteiger partial charge in [-0.25, -0.2) is 4.39 Å². The smallest absolute Gasteiger partial charge is 0.195 e. The van der Waals surface area contributed by atoms with E-state index in [1.807, 2.05) is 30.5 Å². The van der Waals surface area contributed by atoms with Gasteiger partial charge in [0.1, 0.15) is 5.82 Å². The molecule has 0 amide bonds. The molecule has 1 fully saturated rings. The van der Waals surface area contributed by atoms with Crippen molar-refractivity contribution < 1.29 is 13.9 Å². The fourth-order valence-corrected chi connectivity index (χ4v) is 3.44. The minimum atomic E-state index is -0.338. The van der Waals surface area contributed by atoms with Crippen LogP contribution in [0.5, 0.6) is 0 Å². The van der Waals surface area contributed by atoms with Crippen LogP contribution in [0.2, 0.25) is 0 Å². The van der Waals surface area contributed by atoms with E-state index >= 15 is 0 Å². The first-order chi connectivity index (χ1) is 12.7. The van der Waals surface area contributed by atoms with Crippen LogP contribution in [0.25, 0.3) is 10.9 Å². The Morgan fingerprint density at radius 2 is 1.73 bits per heavy atom. The Kier molecular flexibility index (Phi) is 4.82. The first-order valence-electron chi connectivity index (χ1n) is 8.90. The Morgan fingerprint density at radius 1 is 1.00 bits per heavy atom. The zero-order chi connectivity index (χ0) is 17.9. The van der Waals surface area contributed by atoms with Gasteiger partial charge in [-0.3, -0.25) is 9.69 Å². The van der Waals surface area contributed by atoms with Gasteiger partial charge in [0.2, 0.25) is 0 Å². The van der Waals surface area contributed by atoms with Gasteiger partial charge in [0.15, 0.2) is 5.78 Å². The number of ketones is 1. The van der Waals surface area contributed by atoms with Gasteiger partial charge in [0.25, 0.3) is 0 Å². The van der Waals surface area contributed by atoms with Crippen LogP contribution in [0.3, 0.4) is 0 Å². The number of carbonyl (C=O) groups is 1. The monoisotopic (exact) mass is 352 g/mol. The Labute approximate surface area is 151 Å². The lowest BCUT2D eigenvalue weighted by molar-refractivity contribution is 0.0365. The van der Waals surface area contributed by atoms with Crippen LogP contribution in [0.1, 0.15) is 15.9 Å². The minimum absolute atomic E-state index is 0.0775. The molecule has 1 saturated heterocycles. The third-order valence-electron chi connectivity index (χ3n) is 4.90. The van der Waals surface area contributed by atoms with E-state index in [0.29, 0.717) is 11.1 Å². The van der Waals surface area contributed by atoms with E-state index in [9.17, 15) is 9.18 Å². The molecule has 5 heteroatoms. The average molecular weight is 352 g/mol. The zero-order valence-corrected chi connectivity index (χ0v) is 14.5. The van der Waals surface area contributed by atoms with Crippen molar-refractivity contribution in [3.8, 4) is 0 Å². The number of hydrogen-bond acceptors (Lipinski definition) is 3. The molecular weight excluding hydrogens is 331 g/mol. The number of halogens is 1. The number of para-hydroxylation sites is 1. The van der Waals surface area contributed by atoms with Gasteiger partial charge in [-0.1, -0.05) is 18.2 Å². The second-order valence-electron chi connectivity index (χ2n) is 6.54. The minimum Gasteiger partial charge on any atom is -0.379 e. The van der Waals surface area contributed by atoms with E-state index in [1.165, 1.54) is 24.3 Å². The van der Waals surface area contributed by atoms with Crippen molar-refractivity contribution in [3.05, 3.63) is 71.7 Å². The number of benzene rings is 2. The molecule has 0 unspecified atom stereocenters. The summed E-state index contributed by atoms with van der Waals surface area (Å²) in [4.78, 5) is 15.3. The van der Waals surface area contributed by atoms with E-state index in [0.717, 1.165) is 50.3 Å². The molecule has 0 bridgehead atoms. The Balaban J connectivity index is 1.63. The van der Waals surface area contributed by atoms with Gasteiger partial charge in [-0.05, 0) is 30.3 Å². The van der Waals surface area contributed by atoms with Crippen LogP contribution in [0.15, 0.2) is 54.7 Å². The summed E-state index contributed by atoms with van der Waals surface area (Å²) >= 11 is 0. The van der Waals surface area contributed by atoms with Crippen LogP contribution in [0, 0.1) is 5.82 Å². The summed E-state index contributed by atoms with van der Waals surface area (Å²) in [7, 11) is 0. The van der Waals surface area contributed by atoms with Crippen molar-refractivity contribution in [1.29, 1.82) is 0 Å². The van der Waals surface area contributed by atoms with Gasteiger partial charge in [-0.2, -0.15) is 0 Å². The molecule has 0 radical (unpaired) electrons. The van der Waals surface area contributed by atoms with Crippen molar-refractivity contribution >= 4 is 16.7 Å². The van der Waals surface area contributed by atoms with Gasteiger partial charge >= 0.3 is 0 Å². The van der Waals surface area contributed by atoms with E-state index in [4.69, 9.17) is 4.74 Å². The lowest BCUT2D eigenvalue weighted by atomic mass is 10.0. The summed E-state index contributed by atoms with van der Waals surface area (Å²) in [5, 5.41) is 0.934. The van der Waals surface area contributed by atoms with Crippen molar-refractivity contribution in [2.45, 2.75) is 6.54 Å². The molecule has 1 aliphatic heterocycles. The highest BCUT2D eigenvalue weighted by Crippen LogP contribution is 2.24. The van der Waals surface area contributed by atoms with Crippen molar-refractivity contribution in [2.24, 2.45) is 0 Å². The maximum atomic E-state index is 13.2. The standard InChI is InChI=1S/C21H21FN2O2/c22-17-7-5-16(6-8-17)21(25)19-15-24(20-4-2-1-3-18(19)20)10-9-23-11-13-26-14-12-23/h1-8,15H,9-14H2. The highest BCUT2D eigenvalue weighted by atomic mass is 19.1. The first kappa shape index (κ1) is 16.9. The lowest BCUT2D eigenvalue weighted by Crippen LogP contribution is -2.38. The Morgan fingerprint density at radius 3 is 2.50 bits per heavy atom. The maximum absolute atomic E-state index is 13.2. The third-order valence-corrected chi connectivity index (χ3v) is 4.90. The molecule has 4 nitrogen and oxygen atoms in total. The fourth-order valence-electron chi connectivity index (χ4n) is 3.44. The molecule has 26 heavy (non-hydrogen) atoms. The second-order valence-corrected chi connectivity index (χ2v) is 6.54. The molecule has 1 aromatic heterocycles. The molecule has 0 saturated carbocycles. The van der Waals surface area contributed by atoms with E-state index in [2.05, 4.69) is 9.47 Å². The maximum Gasteiger partial charge on any atom is 0.195 e. The molecule has 0 spiro atoms. The quantitative estimate of drug-likeness (QED) is 0.661. The normalized spacial score (nSPS) is 15.4. The summed E-state index contributed by atoms with van der Waals surface area (Å²) < 4.78 is 20.7. The highest BCUT2D eigenvalue weighted by Gasteiger charge is 2.17. The molecule has 134 valence electrons. The van der Waals surface area contributed by atoms with Crippen LogP contribution in [-0.4, -0.2) is 48.1 Å². The number of rotatable bonds is 5. The van der Waals surface area contributed by atoms with E-state index < -0.39 is 0 Å². The summed E-state index contributed by atoms with van der Waals surface area (Å²) in [5.74, 6) is -0.416. The van der Waals surface area contributed by atoms with Crippen LogP contribution in [-0.2, 0) is 11.3 Å². The molecule has 0 N–H and O–H groups in total. The van der Waals surface area contributed by atoms with Crippen molar-refractivity contribution in [2.75, 3.05) is 32.8 Å². The van der Waals surface area contributed by atoms with Gasteiger partial charge in [0, 0.05) is 54.4 Å². The van der Waals surface area contributed by atoms with E-state index in [-0.39, 0.29) is 11.6 Å². The van der Waals surface area contributed by atoms with E-state index in [1.54, 1.807) is 0 Å². The highest BCUT2D eigenvalue weighted by molar-refractivity contribution is 6.16. The summed E-state index contributed by atoms with van der Waals surface area (Å²) in [6.07, 6.45) is 1.93. The van der Waals surface area contributed by atoms with Crippen molar-refractivity contribution in [1.82, 2.24) is 9.47 Å². The third kappa shape index (κ3) is 3.41. The molecule has 3 aromatic rings. The predicted octanol–water partition coefficient (Wildman–Crippen LogP) is 3.34. The first-order valence-corrected chi connectivity index (χ1v) is 8.90. The molecule has 2 heterocycles. The molecule has 4 rings (SSSR count). The van der Waals surface area contributed by atoms with Crippen LogP contribution < -0.4 is 0 Å². The topological polar surface area (TPSA) is 34.5 Å². The molecule has 2 aromatic carbocycles. The predicted molar refractivity (Wildman–Crippen MR) is 99.0 cm³/mol. The molecular formula is C21H21FN2O2. The fraction of sp³-hybridized carbons (Fsp3) is 0.286. The number of morpholine rings is 1. The summed E-state index contributed by atoms with van der Waals surface area (Å²) in [5.41, 5.74) is 2.21. The average Bonchev–Trinajstić information content (AvgIpc) is 3.06. The number of aromatic nitrogens is 1. The molecule has 0 aliphatic carbocycles. The number of ether oxygens (including phenoxy) is 1. The van der Waals surface area contributed by atoms with Gasteiger partial charge < -0.3 is 9.30 Å². The summed E-state index contributed by atoms with van der Waals surface area (Å²) in [6, 6.07) is 13.7. The Hall–Kier alpha value is -2.50. The number of carbonyl (C=O) groups excluding carboxylic acids is 1. The summed E-state index contributed by atoms with van der Waals surface area (Å²) in [6.45, 7) is 5.19. The molecule has 1 aliphatic rings. The van der Waals surface area contributed by atoms with Gasteiger partial charge in [-0.15, -0.1) is 0 Å². The number of fused-ring (bicyclic) bond motifs is 1. The Bertz CT molecular complexity index is 911. The zero-order valence-electron chi connectivity index (χ0n) is 14.5. The van der Waals surface area contributed by atoms with Crippen molar-refractivity contribution in [3.63, 3.8) is 0 Å². The second kappa shape index (κ2) is 7.40. The van der Waals surface area contributed by atoms with Gasteiger partial charge in [0.05, 0.1) is 13.2 Å². The van der Waals surface area contributed by atoms with Crippen LogP contribution >= 0.6 is 0 Å². The SMILES string of the molecule is O=C(c1ccc(F)cc1)c1cn(CCN2CCOCC2)c2ccccc12. The largest absolute Gasteiger partial charge is 0.379 e.